The minimum Gasteiger partial charge on any atom is -0.379 e. The van der Waals surface area contributed by atoms with Crippen LogP contribution < -0.4 is 5.32 Å². The molecule has 1 N–H and O–H groups in total. The van der Waals surface area contributed by atoms with Gasteiger partial charge in [-0.2, -0.15) is 4.31 Å². The third-order valence-corrected chi connectivity index (χ3v) is 9.43. The van der Waals surface area contributed by atoms with Gasteiger partial charge in [-0.15, -0.1) is 11.3 Å². The van der Waals surface area contributed by atoms with Gasteiger partial charge >= 0.3 is 0 Å². The molecular weight excluding hydrogens is 384 g/mol. The lowest BCUT2D eigenvalue weighted by Crippen LogP contribution is -2.72. The van der Waals surface area contributed by atoms with Crippen molar-refractivity contribution in [3.8, 4) is 0 Å². The standard InChI is InChI=1S/C18H30N4O3S2/c1-17(2)13-22(18(17,3)4)16(19-5)20-12-14-6-7-15(26-14)27(23,24)21-8-10-25-11-9-21/h6-7H,8-13H2,1-5H3,(H,19,20). The summed E-state index contributed by atoms with van der Waals surface area (Å²) >= 11 is 1.32. The zero-order valence-electron chi connectivity index (χ0n) is 16.8. The fourth-order valence-electron chi connectivity index (χ4n) is 3.37. The van der Waals surface area contributed by atoms with Gasteiger partial charge in [0.05, 0.1) is 19.8 Å². The van der Waals surface area contributed by atoms with Crippen LogP contribution in [0.25, 0.3) is 0 Å². The first-order chi connectivity index (χ1) is 12.6. The van der Waals surface area contributed by atoms with Crippen molar-refractivity contribution in [1.82, 2.24) is 14.5 Å². The largest absolute Gasteiger partial charge is 0.379 e. The Hall–Kier alpha value is -1.16. The first-order valence-electron chi connectivity index (χ1n) is 9.24. The van der Waals surface area contributed by atoms with Crippen LogP contribution in [0.3, 0.4) is 0 Å². The molecule has 0 bridgehead atoms. The van der Waals surface area contributed by atoms with Crippen molar-refractivity contribution < 1.29 is 13.2 Å². The van der Waals surface area contributed by atoms with E-state index in [0.29, 0.717) is 37.1 Å². The number of sulfonamides is 1. The average Bonchev–Trinajstić information content (AvgIpc) is 3.12. The highest BCUT2D eigenvalue weighted by Gasteiger charge is 2.53. The van der Waals surface area contributed by atoms with Crippen LogP contribution in [0, 0.1) is 5.41 Å². The van der Waals surface area contributed by atoms with Gasteiger partial charge in [-0.3, -0.25) is 4.99 Å². The highest BCUT2D eigenvalue weighted by molar-refractivity contribution is 7.91. The second-order valence-corrected chi connectivity index (χ2v) is 11.5. The lowest BCUT2D eigenvalue weighted by Gasteiger charge is -2.62. The number of nitrogens with one attached hydrogen (secondary N) is 1. The summed E-state index contributed by atoms with van der Waals surface area (Å²) in [5, 5.41) is 3.38. The van der Waals surface area contributed by atoms with Crippen molar-refractivity contribution in [3.63, 3.8) is 0 Å². The van der Waals surface area contributed by atoms with Crippen LogP contribution in [0.2, 0.25) is 0 Å². The molecule has 9 heteroatoms. The van der Waals surface area contributed by atoms with E-state index in [4.69, 9.17) is 4.74 Å². The predicted molar refractivity (Wildman–Crippen MR) is 109 cm³/mol. The third kappa shape index (κ3) is 3.74. The number of ether oxygens (including phenoxy) is 1. The van der Waals surface area contributed by atoms with Crippen molar-refractivity contribution in [2.45, 2.75) is 44.0 Å². The van der Waals surface area contributed by atoms with Gasteiger partial charge in [-0.25, -0.2) is 8.42 Å². The maximum absolute atomic E-state index is 12.7. The molecule has 3 heterocycles. The van der Waals surface area contributed by atoms with Crippen molar-refractivity contribution in [3.05, 3.63) is 17.0 Å². The predicted octanol–water partition coefficient (Wildman–Crippen LogP) is 1.96. The number of nitrogens with zero attached hydrogens (tertiary/aromatic N) is 3. The maximum Gasteiger partial charge on any atom is 0.252 e. The normalized spacial score (nSPS) is 23.1. The lowest BCUT2D eigenvalue weighted by molar-refractivity contribution is -0.0667. The van der Waals surface area contributed by atoms with E-state index in [9.17, 15) is 8.42 Å². The topological polar surface area (TPSA) is 74.2 Å². The molecule has 3 rings (SSSR count). The summed E-state index contributed by atoms with van der Waals surface area (Å²) in [5.41, 5.74) is 0.252. The smallest absolute Gasteiger partial charge is 0.252 e. The Morgan fingerprint density at radius 2 is 1.93 bits per heavy atom. The zero-order valence-corrected chi connectivity index (χ0v) is 18.4. The van der Waals surface area contributed by atoms with E-state index >= 15 is 0 Å². The molecule has 0 radical (unpaired) electrons. The molecule has 0 atom stereocenters. The summed E-state index contributed by atoms with van der Waals surface area (Å²) in [5.74, 6) is 0.852. The SMILES string of the molecule is CN=C(NCc1ccc(S(=O)(=O)N2CCOCC2)s1)N1CC(C)(C)C1(C)C. The van der Waals surface area contributed by atoms with Crippen molar-refractivity contribution in [2.24, 2.45) is 10.4 Å². The Labute approximate surface area is 166 Å². The van der Waals surface area contributed by atoms with E-state index < -0.39 is 10.0 Å². The first kappa shape index (κ1) is 20.6. The third-order valence-electron chi connectivity index (χ3n) is 5.97. The molecule has 2 fully saturated rings. The monoisotopic (exact) mass is 414 g/mol. The van der Waals surface area contributed by atoms with E-state index in [1.54, 1.807) is 13.1 Å². The van der Waals surface area contributed by atoms with Gasteiger partial charge < -0.3 is 15.0 Å². The fourth-order valence-corrected chi connectivity index (χ4v) is 6.23. The molecule has 0 spiro atoms. The van der Waals surface area contributed by atoms with Crippen LogP contribution in [0.15, 0.2) is 21.3 Å². The van der Waals surface area contributed by atoms with Crippen LogP contribution in [0.5, 0.6) is 0 Å². The van der Waals surface area contributed by atoms with Crippen LogP contribution in [0.4, 0.5) is 0 Å². The zero-order chi connectivity index (χ0) is 19.9. The molecule has 0 aromatic carbocycles. The molecule has 2 saturated heterocycles. The minimum absolute atomic E-state index is 0.0229. The summed E-state index contributed by atoms with van der Waals surface area (Å²) < 4.78 is 32.6. The van der Waals surface area contributed by atoms with E-state index in [1.807, 2.05) is 6.07 Å². The van der Waals surface area contributed by atoms with Crippen molar-refractivity contribution in [2.75, 3.05) is 39.9 Å². The summed E-state index contributed by atoms with van der Waals surface area (Å²) in [6, 6.07) is 3.58. The number of rotatable bonds is 4. The molecule has 2 aliphatic heterocycles. The van der Waals surface area contributed by atoms with Gasteiger partial charge in [0.1, 0.15) is 4.21 Å². The molecule has 152 valence electrons. The number of morpholine rings is 1. The molecule has 7 nitrogen and oxygen atoms in total. The van der Waals surface area contributed by atoms with E-state index in [0.717, 1.165) is 17.4 Å². The van der Waals surface area contributed by atoms with Gasteiger partial charge in [0.25, 0.3) is 10.0 Å². The van der Waals surface area contributed by atoms with Crippen LogP contribution in [-0.2, 0) is 21.3 Å². The van der Waals surface area contributed by atoms with Gasteiger partial charge in [-0.1, -0.05) is 13.8 Å². The second-order valence-electron chi connectivity index (χ2n) is 8.17. The van der Waals surface area contributed by atoms with Gasteiger partial charge in [0.2, 0.25) is 0 Å². The number of likely N-dealkylation sites (tertiary alicyclic amines) is 1. The number of guanidine groups is 1. The highest BCUT2D eigenvalue weighted by Crippen LogP contribution is 2.46. The van der Waals surface area contributed by atoms with Gasteiger partial charge in [0, 0.05) is 42.5 Å². The summed E-state index contributed by atoms with van der Waals surface area (Å²) in [6.45, 7) is 12.2. The van der Waals surface area contributed by atoms with Gasteiger partial charge in [0.15, 0.2) is 5.96 Å². The highest BCUT2D eigenvalue weighted by atomic mass is 32.2. The number of hydrogen-bond acceptors (Lipinski definition) is 5. The van der Waals surface area contributed by atoms with Crippen molar-refractivity contribution in [1.29, 1.82) is 0 Å². The molecule has 1 aromatic heterocycles. The maximum atomic E-state index is 12.7. The van der Waals surface area contributed by atoms with E-state index in [2.05, 4.69) is 42.9 Å². The molecular formula is C18H30N4O3S2. The number of thiophene rings is 1. The van der Waals surface area contributed by atoms with Crippen molar-refractivity contribution >= 4 is 27.3 Å². The summed E-state index contributed by atoms with van der Waals surface area (Å²) in [4.78, 5) is 7.65. The Bertz CT molecular complexity index is 808. The van der Waals surface area contributed by atoms with E-state index in [1.165, 1.54) is 15.6 Å². The van der Waals surface area contributed by atoms with Gasteiger partial charge in [-0.05, 0) is 26.0 Å². The fraction of sp³-hybridized carbons (Fsp3) is 0.722. The van der Waals surface area contributed by atoms with E-state index in [-0.39, 0.29) is 11.0 Å². The number of aliphatic imine (C=N–C) groups is 1. The molecule has 1 aromatic rings. The molecule has 27 heavy (non-hydrogen) atoms. The molecule has 0 unspecified atom stereocenters. The van der Waals surface area contributed by atoms with Crippen LogP contribution >= 0.6 is 11.3 Å². The Balaban J connectivity index is 1.64. The Morgan fingerprint density at radius 1 is 1.26 bits per heavy atom. The first-order valence-corrected chi connectivity index (χ1v) is 11.5. The van der Waals surface area contributed by atoms with Crippen LogP contribution in [0.1, 0.15) is 32.6 Å². The Morgan fingerprint density at radius 3 is 2.48 bits per heavy atom. The quantitative estimate of drug-likeness (QED) is 0.602. The average molecular weight is 415 g/mol. The number of hydrogen-bond donors (Lipinski definition) is 1. The molecule has 0 saturated carbocycles. The summed E-state index contributed by atoms with van der Waals surface area (Å²) in [7, 11) is -1.64. The van der Waals surface area contributed by atoms with Crippen LogP contribution in [-0.4, -0.2) is 69.0 Å². The lowest BCUT2D eigenvalue weighted by atomic mass is 9.65. The molecule has 0 aliphatic carbocycles. The minimum atomic E-state index is -3.43. The Kier molecular flexibility index (Phi) is 5.60. The molecule has 0 amide bonds. The molecule has 2 aliphatic rings. The summed E-state index contributed by atoms with van der Waals surface area (Å²) in [6.07, 6.45) is 0. The second kappa shape index (κ2) is 7.35.